The van der Waals surface area contributed by atoms with E-state index in [1.54, 1.807) is 0 Å². The van der Waals surface area contributed by atoms with Crippen LogP contribution in [-0.4, -0.2) is 10.9 Å². The van der Waals surface area contributed by atoms with Gasteiger partial charge in [0.2, 0.25) is 5.91 Å². The van der Waals surface area contributed by atoms with E-state index in [1.165, 1.54) is 0 Å². The minimum absolute atomic E-state index is 0.0951. The smallest absolute Gasteiger partial charge is 0.237 e. The number of carbonyl (C=O) groups excluding carboxylic acids is 1. The highest BCUT2D eigenvalue weighted by molar-refractivity contribution is 9.10. The molecule has 0 unspecified atom stereocenters. The van der Waals surface area contributed by atoms with Crippen LogP contribution < -0.4 is 11.1 Å². The van der Waals surface area contributed by atoms with Crippen molar-refractivity contribution in [2.45, 2.75) is 12.8 Å². The molecule has 1 aromatic carbocycles. The number of nitrogens with one attached hydrogen (secondary N) is 1. The van der Waals surface area contributed by atoms with Gasteiger partial charge >= 0.3 is 0 Å². The lowest BCUT2D eigenvalue weighted by atomic mass is 10.1. The molecule has 1 aromatic rings. The van der Waals surface area contributed by atoms with E-state index in [9.17, 15) is 4.79 Å². The summed E-state index contributed by atoms with van der Waals surface area (Å²) in [6.07, 6.45) is 1.51. The first-order valence-corrected chi connectivity index (χ1v) is 6.12. The molecule has 0 bridgehead atoms. The van der Waals surface area contributed by atoms with Gasteiger partial charge in [-0.05, 0) is 37.1 Å². The minimum Gasteiger partial charge on any atom is -0.392 e. The lowest BCUT2D eigenvalue weighted by molar-refractivity contribution is -0.118. The van der Waals surface area contributed by atoms with Crippen molar-refractivity contribution < 1.29 is 4.79 Å². The number of anilines is 1. The second-order valence-corrected chi connectivity index (χ2v) is 5.26. The molecule has 0 atom stereocenters. The fourth-order valence-corrected chi connectivity index (χ4v) is 2.06. The average Bonchev–Trinajstić information content (AvgIpc) is 3.02. The Morgan fingerprint density at radius 1 is 1.38 bits per heavy atom. The highest BCUT2D eigenvalue weighted by Gasteiger charge is 2.52. The lowest BCUT2D eigenvalue weighted by Gasteiger charge is -2.13. The summed E-state index contributed by atoms with van der Waals surface area (Å²) in [6, 6.07) is 7.40. The Morgan fingerprint density at radius 3 is 2.38 bits per heavy atom. The van der Waals surface area contributed by atoms with Crippen molar-refractivity contribution in [3.05, 3.63) is 28.7 Å². The van der Waals surface area contributed by atoms with Gasteiger partial charge in [0.15, 0.2) is 0 Å². The van der Waals surface area contributed by atoms with Crippen molar-refractivity contribution >= 4 is 44.7 Å². The van der Waals surface area contributed by atoms with E-state index in [0.717, 1.165) is 23.0 Å². The number of carbonyl (C=O) groups is 1. The first kappa shape index (κ1) is 11.5. The normalized spacial score (nSPS) is 16.6. The molecule has 1 fully saturated rings. The Morgan fingerprint density at radius 2 is 1.94 bits per heavy atom. The molecule has 0 saturated heterocycles. The van der Waals surface area contributed by atoms with Crippen LogP contribution in [0.25, 0.3) is 0 Å². The van der Waals surface area contributed by atoms with E-state index >= 15 is 0 Å². The summed E-state index contributed by atoms with van der Waals surface area (Å²) in [5, 5.41) is 2.83. The molecule has 0 aliphatic heterocycles. The molecule has 1 aliphatic rings. The van der Waals surface area contributed by atoms with Gasteiger partial charge in [-0.3, -0.25) is 4.79 Å². The summed E-state index contributed by atoms with van der Waals surface area (Å²) in [4.78, 5) is 12.2. The van der Waals surface area contributed by atoms with Crippen LogP contribution in [0.15, 0.2) is 28.7 Å². The molecule has 16 heavy (non-hydrogen) atoms. The number of nitrogens with two attached hydrogens (primary N) is 1. The van der Waals surface area contributed by atoms with Crippen molar-refractivity contribution in [1.82, 2.24) is 0 Å². The van der Waals surface area contributed by atoms with Gasteiger partial charge < -0.3 is 11.1 Å². The van der Waals surface area contributed by atoms with E-state index in [4.69, 9.17) is 18.0 Å². The second kappa shape index (κ2) is 4.14. The van der Waals surface area contributed by atoms with Crippen LogP contribution in [-0.2, 0) is 4.79 Å². The van der Waals surface area contributed by atoms with Gasteiger partial charge in [-0.2, -0.15) is 0 Å². The molecule has 0 spiro atoms. The zero-order chi connectivity index (χ0) is 11.8. The highest BCUT2D eigenvalue weighted by atomic mass is 79.9. The molecule has 1 saturated carbocycles. The first-order valence-electron chi connectivity index (χ1n) is 4.91. The largest absolute Gasteiger partial charge is 0.392 e. The molecule has 0 radical (unpaired) electrons. The van der Waals surface area contributed by atoms with Gasteiger partial charge in [-0.25, -0.2) is 0 Å². The summed E-state index contributed by atoms with van der Waals surface area (Å²) < 4.78 is 0.973. The van der Waals surface area contributed by atoms with Gasteiger partial charge in [0.25, 0.3) is 0 Å². The Kier molecular flexibility index (Phi) is 2.99. The van der Waals surface area contributed by atoms with Crippen molar-refractivity contribution in [3.63, 3.8) is 0 Å². The molecule has 3 N–H and O–H groups in total. The van der Waals surface area contributed by atoms with Crippen LogP contribution in [0.3, 0.4) is 0 Å². The Hall–Kier alpha value is -0.940. The Labute approximate surface area is 108 Å². The van der Waals surface area contributed by atoms with Crippen LogP contribution in [0.4, 0.5) is 5.69 Å². The molecular weight excluding hydrogens is 288 g/mol. The van der Waals surface area contributed by atoms with E-state index in [0.29, 0.717) is 4.99 Å². The standard InChI is InChI=1S/C11H11BrN2OS/c12-7-1-3-8(4-2-7)14-10(15)11(5-6-11)9(13)16/h1-4H,5-6H2,(H2,13,16)(H,14,15). The SMILES string of the molecule is NC(=S)C1(C(=O)Nc2ccc(Br)cc2)CC1. The van der Waals surface area contributed by atoms with Crippen LogP contribution >= 0.6 is 28.1 Å². The van der Waals surface area contributed by atoms with E-state index in [2.05, 4.69) is 21.2 Å². The minimum atomic E-state index is -0.595. The fourth-order valence-electron chi connectivity index (χ4n) is 1.49. The first-order chi connectivity index (χ1) is 7.54. The molecule has 5 heteroatoms. The summed E-state index contributed by atoms with van der Waals surface area (Å²) in [7, 11) is 0. The molecule has 84 valence electrons. The summed E-state index contributed by atoms with van der Waals surface area (Å²) in [5.41, 5.74) is 5.74. The van der Waals surface area contributed by atoms with Crippen molar-refractivity contribution in [3.8, 4) is 0 Å². The van der Waals surface area contributed by atoms with E-state index < -0.39 is 5.41 Å². The predicted octanol–water partition coefficient (Wildman–Crippen LogP) is 2.45. The predicted molar refractivity (Wildman–Crippen MR) is 71.2 cm³/mol. The van der Waals surface area contributed by atoms with Gasteiger partial charge in [-0.15, -0.1) is 0 Å². The zero-order valence-electron chi connectivity index (χ0n) is 8.50. The summed E-state index contributed by atoms with van der Waals surface area (Å²) in [6.45, 7) is 0. The second-order valence-electron chi connectivity index (χ2n) is 3.91. The number of hydrogen-bond acceptors (Lipinski definition) is 2. The van der Waals surface area contributed by atoms with Gasteiger partial charge in [0.1, 0.15) is 0 Å². The van der Waals surface area contributed by atoms with Gasteiger partial charge in [-0.1, -0.05) is 28.1 Å². The third-order valence-corrected chi connectivity index (χ3v) is 3.68. The van der Waals surface area contributed by atoms with E-state index in [1.807, 2.05) is 24.3 Å². The Balaban J connectivity index is 2.08. The molecular formula is C11H11BrN2OS. The summed E-state index contributed by atoms with van der Waals surface area (Å²) in [5.74, 6) is -0.0951. The molecule has 0 aromatic heterocycles. The maximum atomic E-state index is 11.9. The maximum absolute atomic E-state index is 11.9. The third kappa shape index (κ3) is 2.10. The number of hydrogen-bond donors (Lipinski definition) is 2. The number of thiocarbonyl (C=S) groups is 1. The number of benzene rings is 1. The number of halogens is 1. The van der Waals surface area contributed by atoms with Crippen LogP contribution in [0.5, 0.6) is 0 Å². The fraction of sp³-hybridized carbons (Fsp3) is 0.273. The van der Waals surface area contributed by atoms with Crippen molar-refractivity contribution in [1.29, 1.82) is 0 Å². The molecule has 0 heterocycles. The van der Waals surface area contributed by atoms with Gasteiger partial charge in [0.05, 0.1) is 10.4 Å². The lowest BCUT2D eigenvalue weighted by Crippen LogP contribution is -2.34. The average molecular weight is 299 g/mol. The van der Waals surface area contributed by atoms with Crippen molar-refractivity contribution in [2.24, 2.45) is 11.1 Å². The van der Waals surface area contributed by atoms with Crippen molar-refractivity contribution in [2.75, 3.05) is 5.32 Å². The Bertz CT molecular complexity index is 440. The highest BCUT2D eigenvalue weighted by Crippen LogP contribution is 2.46. The molecule has 3 nitrogen and oxygen atoms in total. The monoisotopic (exact) mass is 298 g/mol. The van der Waals surface area contributed by atoms with Crippen LogP contribution in [0.1, 0.15) is 12.8 Å². The van der Waals surface area contributed by atoms with E-state index in [-0.39, 0.29) is 5.91 Å². The van der Waals surface area contributed by atoms with Crippen LogP contribution in [0, 0.1) is 5.41 Å². The molecule has 1 amide bonds. The maximum Gasteiger partial charge on any atom is 0.237 e. The topological polar surface area (TPSA) is 55.1 Å². The quantitative estimate of drug-likeness (QED) is 0.843. The zero-order valence-corrected chi connectivity index (χ0v) is 10.9. The van der Waals surface area contributed by atoms with Crippen LogP contribution in [0.2, 0.25) is 0 Å². The molecule has 1 aliphatic carbocycles. The third-order valence-electron chi connectivity index (χ3n) is 2.76. The summed E-state index contributed by atoms with van der Waals surface area (Å²) >= 11 is 8.25. The number of rotatable bonds is 3. The number of amides is 1. The molecule has 2 rings (SSSR count). The van der Waals surface area contributed by atoms with Gasteiger partial charge in [0, 0.05) is 10.2 Å².